The highest BCUT2D eigenvalue weighted by atomic mass is 16.6. The number of amides is 1. The van der Waals surface area contributed by atoms with Crippen LogP contribution in [0.2, 0.25) is 0 Å². The maximum atomic E-state index is 12.9. The van der Waals surface area contributed by atoms with Gasteiger partial charge < -0.3 is 5.32 Å². The van der Waals surface area contributed by atoms with Crippen LogP contribution < -0.4 is 5.32 Å². The summed E-state index contributed by atoms with van der Waals surface area (Å²) in [7, 11) is 1.63. The largest absolute Gasteiger partial charge is 0.347 e. The Hall–Kier alpha value is -1.92. The molecular weight excluding hydrogens is 332 g/mol. The first-order valence-electron chi connectivity index (χ1n) is 9.81. The van der Waals surface area contributed by atoms with Crippen LogP contribution >= 0.6 is 0 Å². The van der Waals surface area contributed by atoms with Crippen LogP contribution in [0.5, 0.6) is 0 Å². The molecule has 1 heterocycles. The predicted molar refractivity (Wildman–Crippen MR) is 96.7 cm³/mol. The number of aromatic nitrogens is 2. The van der Waals surface area contributed by atoms with E-state index < -0.39 is 10.8 Å². The Morgan fingerprint density at radius 3 is 2.31 bits per heavy atom. The van der Waals surface area contributed by atoms with Crippen molar-refractivity contribution >= 4 is 11.6 Å². The summed E-state index contributed by atoms with van der Waals surface area (Å²) in [4.78, 5) is 23.8. The zero-order valence-corrected chi connectivity index (χ0v) is 15.8. The lowest BCUT2D eigenvalue weighted by molar-refractivity contribution is -0.385. The monoisotopic (exact) mass is 360 g/mol. The zero-order valence-electron chi connectivity index (χ0n) is 15.8. The molecule has 1 aromatic heterocycles. The van der Waals surface area contributed by atoms with Gasteiger partial charge in [-0.25, -0.2) is 0 Å². The van der Waals surface area contributed by atoms with Gasteiger partial charge in [0.2, 0.25) is 5.69 Å². The maximum absolute atomic E-state index is 12.9. The molecule has 0 aromatic carbocycles. The number of carbonyl (C=O) groups is 1. The van der Waals surface area contributed by atoms with Crippen LogP contribution in [0, 0.1) is 40.2 Å². The first-order chi connectivity index (χ1) is 12.3. The molecular formula is C19H28N4O3. The first-order valence-corrected chi connectivity index (χ1v) is 9.81. The smallest absolute Gasteiger partial charge is 0.322 e. The number of nitrogens with one attached hydrogen (secondary N) is 1. The molecule has 0 radical (unpaired) electrons. The van der Waals surface area contributed by atoms with Crippen molar-refractivity contribution in [1.29, 1.82) is 0 Å². The lowest BCUT2D eigenvalue weighted by Crippen LogP contribution is -2.56. The molecule has 4 fully saturated rings. The molecule has 26 heavy (non-hydrogen) atoms. The van der Waals surface area contributed by atoms with E-state index in [1.54, 1.807) is 14.0 Å². The third kappa shape index (κ3) is 2.63. The molecule has 4 aliphatic rings. The average molecular weight is 360 g/mol. The predicted octanol–water partition coefficient (Wildman–Crippen LogP) is 3.36. The number of hydrogen-bond acceptors (Lipinski definition) is 4. The Bertz CT molecular complexity index is 719. The van der Waals surface area contributed by atoms with E-state index >= 15 is 0 Å². The molecule has 7 heteroatoms. The fourth-order valence-corrected chi connectivity index (χ4v) is 6.49. The molecule has 142 valence electrons. The molecule has 1 aromatic rings. The summed E-state index contributed by atoms with van der Waals surface area (Å²) in [6.45, 7) is 3.74. The summed E-state index contributed by atoms with van der Waals surface area (Å²) in [5.74, 6) is 2.01. The van der Waals surface area contributed by atoms with E-state index in [4.69, 9.17) is 0 Å². The second-order valence-electron chi connectivity index (χ2n) is 8.88. The van der Waals surface area contributed by atoms with Crippen molar-refractivity contribution in [2.75, 3.05) is 0 Å². The summed E-state index contributed by atoms with van der Waals surface area (Å²) < 4.78 is 1.42. The minimum Gasteiger partial charge on any atom is -0.347 e. The molecule has 1 atom stereocenters. The topological polar surface area (TPSA) is 90.1 Å². The molecule has 7 nitrogen and oxygen atoms in total. The van der Waals surface area contributed by atoms with E-state index in [9.17, 15) is 14.9 Å². The van der Waals surface area contributed by atoms with Crippen LogP contribution in [-0.2, 0) is 7.05 Å². The van der Waals surface area contributed by atoms with Gasteiger partial charge in [0.05, 0.1) is 4.92 Å². The second kappa shape index (κ2) is 6.06. The van der Waals surface area contributed by atoms with Gasteiger partial charge in [-0.3, -0.25) is 19.6 Å². The molecule has 4 saturated carbocycles. The third-order valence-electron chi connectivity index (χ3n) is 7.24. The van der Waals surface area contributed by atoms with Crippen molar-refractivity contribution in [2.24, 2.45) is 30.2 Å². The van der Waals surface area contributed by atoms with Crippen molar-refractivity contribution in [3.8, 4) is 0 Å². The van der Waals surface area contributed by atoms with Crippen LogP contribution in [-0.4, -0.2) is 26.7 Å². The van der Waals surface area contributed by atoms with E-state index in [2.05, 4.69) is 17.3 Å². The number of rotatable bonds is 5. The lowest BCUT2D eigenvalue weighted by atomic mass is 9.47. The number of carbonyl (C=O) groups excluding carboxylic acids is 1. The molecule has 1 amide bonds. The van der Waals surface area contributed by atoms with Gasteiger partial charge >= 0.3 is 5.69 Å². The van der Waals surface area contributed by atoms with Crippen LogP contribution in [0.25, 0.3) is 0 Å². The summed E-state index contributed by atoms with van der Waals surface area (Å²) in [5, 5.41) is 18.7. The van der Waals surface area contributed by atoms with Gasteiger partial charge in [0.25, 0.3) is 5.91 Å². The summed E-state index contributed by atoms with van der Waals surface area (Å²) in [6, 6.07) is 0.0744. The second-order valence-corrected chi connectivity index (χ2v) is 8.88. The maximum Gasteiger partial charge on any atom is 0.322 e. The Morgan fingerprint density at radius 1 is 1.31 bits per heavy atom. The normalized spacial score (nSPS) is 33.3. The van der Waals surface area contributed by atoms with Gasteiger partial charge in [-0.05, 0) is 75.0 Å². The molecule has 0 saturated heterocycles. The Kier molecular flexibility index (Phi) is 4.08. The lowest BCUT2D eigenvalue weighted by Gasteiger charge is -2.59. The van der Waals surface area contributed by atoms with Crippen LogP contribution in [0.1, 0.15) is 68.1 Å². The van der Waals surface area contributed by atoms with Crippen molar-refractivity contribution in [3.05, 3.63) is 21.5 Å². The van der Waals surface area contributed by atoms with Gasteiger partial charge in [-0.1, -0.05) is 6.92 Å². The zero-order chi connectivity index (χ0) is 18.6. The van der Waals surface area contributed by atoms with E-state index in [0.717, 1.165) is 24.2 Å². The Morgan fingerprint density at radius 2 is 1.85 bits per heavy atom. The molecule has 4 bridgehead atoms. The minimum atomic E-state index is -0.497. The van der Waals surface area contributed by atoms with Crippen molar-refractivity contribution in [3.63, 3.8) is 0 Å². The fourth-order valence-electron chi connectivity index (χ4n) is 6.49. The van der Waals surface area contributed by atoms with Gasteiger partial charge in [0, 0.05) is 13.1 Å². The van der Waals surface area contributed by atoms with E-state index in [1.165, 1.54) is 43.2 Å². The van der Waals surface area contributed by atoms with Gasteiger partial charge in [-0.15, -0.1) is 0 Å². The molecule has 0 aliphatic heterocycles. The van der Waals surface area contributed by atoms with Crippen molar-refractivity contribution in [1.82, 2.24) is 15.1 Å². The molecule has 1 N–H and O–H groups in total. The third-order valence-corrected chi connectivity index (χ3v) is 7.24. The number of aryl methyl sites for hydroxylation is 1. The Labute approximate surface area is 153 Å². The van der Waals surface area contributed by atoms with Gasteiger partial charge in [0.1, 0.15) is 5.69 Å². The summed E-state index contributed by atoms with van der Waals surface area (Å²) >= 11 is 0. The van der Waals surface area contributed by atoms with Crippen LogP contribution in [0.4, 0.5) is 5.69 Å². The van der Waals surface area contributed by atoms with Crippen LogP contribution in [0.15, 0.2) is 0 Å². The molecule has 4 aliphatic carbocycles. The van der Waals surface area contributed by atoms with E-state index in [1.807, 2.05) is 0 Å². The van der Waals surface area contributed by atoms with E-state index in [0.29, 0.717) is 5.69 Å². The van der Waals surface area contributed by atoms with Crippen molar-refractivity contribution in [2.45, 2.75) is 64.8 Å². The number of nitrogens with zero attached hydrogens (tertiary/aromatic N) is 3. The number of nitro groups is 1. The highest BCUT2D eigenvalue weighted by Gasteiger charge is 2.54. The SMILES string of the molecule is CCC(NC(=O)c1nn(C)c(C)c1[N+](=O)[O-])C12CC3CC(CC(C3)C1)C2. The fraction of sp³-hybridized carbons (Fsp3) is 0.789. The van der Waals surface area contributed by atoms with Crippen LogP contribution in [0.3, 0.4) is 0 Å². The van der Waals surface area contributed by atoms with E-state index in [-0.39, 0.29) is 22.8 Å². The number of hydrogen-bond donors (Lipinski definition) is 1. The molecule has 5 rings (SSSR count). The van der Waals surface area contributed by atoms with Crippen molar-refractivity contribution < 1.29 is 9.72 Å². The molecule has 0 spiro atoms. The summed E-state index contributed by atoms with van der Waals surface area (Å²) in [5.41, 5.74) is 0.351. The average Bonchev–Trinajstić information content (AvgIpc) is 2.86. The highest BCUT2D eigenvalue weighted by Crippen LogP contribution is 2.61. The van der Waals surface area contributed by atoms with Gasteiger partial charge in [-0.2, -0.15) is 5.10 Å². The highest BCUT2D eigenvalue weighted by molar-refractivity contribution is 5.96. The quantitative estimate of drug-likeness (QED) is 0.644. The van der Waals surface area contributed by atoms with Gasteiger partial charge in [0.15, 0.2) is 0 Å². The summed E-state index contributed by atoms with van der Waals surface area (Å²) in [6.07, 6.45) is 8.51. The minimum absolute atomic E-state index is 0.0572. The molecule has 1 unspecified atom stereocenters. The standard InChI is InChI=1S/C19H28N4O3/c1-4-15(19-8-12-5-13(9-19)7-14(6-12)10-19)20-18(24)16-17(23(25)26)11(2)22(3)21-16/h12-15H,4-10H2,1-3H3,(H,20,24). The Balaban J connectivity index is 1.59. The first kappa shape index (κ1) is 17.5.